The van der Waals surface area contributed by atoms with Crippen LogP contribution in [0.15, 0.2) is 30.5 Å². The first kappa shape index (κ1) is 12.0. The molecule has 0 aromatic carbocycles. The van der Waals surface area contributed by atoms with Gasteiger partial charge in [0.2, 0.25) is 0 Å². The van der Waals surface area contributed by atoms with E-state index in [2.05, 4.69) is 15.3 Å². The fourth-order valence-electron chi connectivity index (χ4n) is 1.43. The smallest absolute Gasteiger partial charge is 0.260 e. The van der Waals surface area contributed by atoms with E-state index < -0.39 is 11.7 Å². The van der Waals surface area contributed by atoms with Crippen molar-refractivity contribution in [2.24, 2.45) is 0 Å². The molecule has 5 nitrogen and oxygen atoms in total. The minimum absolute atomic E-state index is 0.0155. The first-order chi connectivity index (χ1) is 8.56. The number of hydrogen-bond acceptors (Lipinski definition) is 4. The number of aromatic nitrogens is 2. The Bertz CT molecular complexity index is 600. The highest BCUT2D eigenvalue weighted by Gasteiger charge is 2.12. The quantitative estimate of drug-likeness (QED) is 0.846. The molecule has 0 fully saturated rings. The molecule has 0 saturated carbocycles. The lowest BCUT2D eigenvalue weighted by molar-refractivity contribution is 0.102. The molecule has 2 rings (SSSR count). The Balaban J connectivity index is 2.24. The number of hydrogen-bond donors (Lipinski definition) is 2. The Morgan fingerprint density at radius 3 is 2.94 bits per heavy atom. The van der Waals surface area contributed by atoms with Crippen LogP contribution in [0.5, 0.6) is 0 Å². The maximum atomic E-state index is 13.0. The van der Waals surface area contributed by atoms with E-state index in [9.17, 15) is 9.18 Å². The lowest BCUT2D eigenvalue weighted by Gasteiger charge is -2.06. The van der Waals surface area contributed by atoms with Gasteiger partial charge in [-0.3, -0.25) is 4.79 Å². The Hall–Kier alpha value is -2.50. The van der Waals surface area contributed by atoms with Crippen LogP contribution >= 0.6 is 0 Å². The van der Waals surface area contributed by atoms with Gasteiger partial charge in [-0.15, -0.1) is 0 Å². The van der Waals surface area contributed by atoms with Gasteiger partial charge in [0.25, 0.3) is 5.91 Å². The van der Waals surface area contributed by atoms with Crippen LogP contribution in [0.2, 0.25) is 0 Å². The summed E-state index contributed by atoms with van der Waals surface area (Å²) in [5, 5.41) is 2.53. The third kappa shape index (κ3) is 2.60. The van der Waals surface area contributed by atoms with Gasteiger partial charge >= 0.3 is 0 Å². The van der Waals surface area contributed by atoms with Crippen LogP contribution in [-0.4, -0.2) is 15.9 Å². The van der Waals surface area contributed by atoms with Crippen LogP contribution in [-0.2, 0) is 0 Å². The molecule has 3 N–H and O–H groups in total. The van der Waals surface area contributed by atoms with E-state index in [0.717, 1.165) is 18.0 Å². The fourth-order valence-corrected chi connectivity index (χ4v) is 1.43. The number of nitrogens with one attached hydrogen (secondary N) is 1. The van der Waals surface area contributed by atoms with Gasteiger partial charge in [0.15, 0.2) is 0 Å². The zero-order valence-corrected chi connectivity index (χ0v) is 9.64. The topological polar surface area (TPSA) is 80.9 Å². The average molecular weight is 246 g/mol. The molecule has 0 unspecified atom stereocenters. The maximum absolute atomic E-state index is 13.0. The SMILES string of the molecule is Cc1cccc(NC(=O)c2cc(F)cnc2N)n1. The Morgan fingerprint density at radius 2 is 2.22 bits per heavy atom. The number of amides is 1. The van der Waals surface area contributed by atoms with E-state index in [1.165, 1.54) is 0 Å². The number of anilines is 2. The van der Waals surface area contributed by atoms with Crippen molar-refractivity contribution in [3.8, 4) is 0 Å². The highest BCUT2D eigenvalue weighted by molar-refractivity contribution is 6.06. The first-order valence-electron chi connectivity index (χ1n) is 5.22. The van der Waals surface area contributed by atoms with E-state index >= 15 is 0 Å². The number of pyridine rings is 2. The summed E-state index contributed by atoms with van der Waals surface area (Å²) < 4.78 is 13.0. The largest absolute Gasteiger partial charge is 0.383 e. The van der Waals surface area contributed by atoms with Crippen LogP contribution in [0.25, 0.3) is 0 Å². The monoisotopic (exact) mass is 246 g/mol. The Morgan fingerprint density at radius 1 is 1.44 bits per heavy atom. The van der Waals surface area contributed by atoms with E-state index in [1.54, 1.807) is 25.1 Å². The van der Waals surface area contributed by atoms with Crippen molar-refractivity contribution in [2.45, 2.75) is 6.92 Å². The van der Waals surface area contributed by atoms with E-state index in [-0.39, 0.29) is 11.4 Å². The molecule has 2 aromatic heterocycles. The molecule has 1 amide bonds. The zero-order chi connectivity index (χ0) is 13.1. The molecule has 18 heavy (non-hydrogen) atoms. The van der Waals surface area contributed by atoms with Gasteiger partial charge in [-0.1, -0.05) is 6.07 Å². The van der Waals surface area contributed by atoms with E-state index in [1.807, 2.05) is 0 Å². The van der Waals surface area contributed by atoms with Crippen LogP contribution < -0.4 is 11.1 Å². The van der Waals surface area contributed by atoms with Gasteiger partial charge in [0, 0.05) is 5.69 Å². The summed E-state index contributed by atoms with van der Waals surface area (Å²) in [7, 11) is 0. The van der Waals surface area contributed by atoms with Crippen molar-refractivity contribution in [3.05, 3.63) is 47.5 Å². The standard InChI is InChI=1S/C12H11FN4O/c1-7-3-2-4-10(16-7)17-12(18)9-5-8(13)6-15-11(9)14/h2-6H,1H3,(H2,14,15)(H,16,17,18). The third-order valence-electron chi connectivity index (χ3n) is 2.26. The molecule has 0 spiro atoms. The molecule has 2 heterocycles. The summed E-state index contributed by atoms with van der Waals surface area (Å²) in [4.78, 5) is 19.5. The molecule has 6 heteroatoms. The number of nitrogen functional groups attached to an aromatic ring is 1. The number of carbonyl (C=O) groups is 1. The molecule has 0 bridgehead atoms. The summed E-state index contributed by atoms with van der Waals surface area (Å²) in [5.41, 5.74) is 6.26. The van der Waals surface area contributed by atoms with Crippen molar-refractivity contribution < 1.29 is 9.18 Å². The second kappa shape index (κ2) is 4.79. The van der Waals surface area contributed by atoms with Gasteiger partial charge in [-0.25, -0.2) is 14.4 Å². The van der Waals surface area contributed by atoms with E-state index in [0.29, 0.717) is 5.82 Å². The summed E-state index contributed by atoms with van der Waals surface area (Å²) in [5.74, 6) is -0.811. The lowest BCUT2D eigenvalue weighted by atomic mass is 10.2. The summed E-state index contributed by atoms with van der Waals surface area (Å²) in [6.07, 6.45) is 0.955. The molecule has 0 aliphatic rings. The second-order valence-corrected chi connectivity index (χ2v) is 3.70. The van der Waals surface area contributed by atoms with Crippen molar-refractivity contribution in [1.29, 1.82) is 0 Å². The molecule has 0 aliphatic carbocycles. The van der Waals surface area contributed by atoms with Crippen LogP contribution in [0.3, 0.4) is 0 Å². The first-order valence-corrected chi connectivity index (χ1v) is 5.22. The third-order valence-corrected chi connectivity index (χ3v) is 2.26. The van der Waals surface area contributed by atoms with E-state index in [4.69, 9.17) is 5.73 Å². The second-order valence-electron chi connectivity index (χ2n) is 3.70. The van der Waals surface area contributed by atoms with Crippen molar-refractivity contribution in [1.82, 2.24) is 9.97 Å². The molecule has 0 radical (unpaired) electrons. The normalized spacial score (nSPS) is 10.1. The molecular weight excluding hydrogens is 235 g/mol. The number of nitrogens with two attached hydrogens (primary N) is 1. The molecule has 92 valence electrons. The molecule has 0 atom stereocenters. The lowest BCUT2D eigenvalue weighted by Crippen LogP contribution is -2.16. The van der Waals surface area contributed by atoms with Crippen molar-refractivity contribution in [3.63, 3.8) is 0 Å². The van der Waals surface area contributed by atoms with Gasteiger partial charge < -0.3 is 11.1 Å². The van der Waals surface area contributed by atoms with Gasteiger partial charge in [-0.05, 0) is 25.1 Å². The minimum atomic E-state index is -0.619. The number of carbonyl (C=O) groups excluding carboxylic acids is 1. The highest BCUT2D eigenvalue weighted by Crippen LogP contribution is 2.12. The van der Waals surface area contributed by atoms with Gasteiger partial charge in [-0.2, -0.15) is 0 Å². The number of nitrogens with zero attached hydrogens (tertiary/aromatic N) is 2. The van der Waals surface area contributed by atoms with Gasteiger partial charge in [0.1, 0.15) is 17.5 Å². The Labute approximate surface area is 103 Å². The molecule has 2 aromatic rings. The van der Waals surface area contributed by atoms with Crippen molar-refractivity contribution in [2.75, 3.05) is 11.1 Å². The summed E-state index contributed by atoms with van der Waals surface area (Å²) >= 11 is 0. The van der Waals surface area contributed by atoms with Crippen LogP contribution in [0.4, 0.5) is 16.0 Å². The summed E-state index contributed by atoms with van der Waals surface area (Å²) in [6, 6.07) is 6.22. The Kier molecular flexibility index (Phi) is 3.18. The summed E-state index contributed by atoms with van der Waals surface area (Å²) in [6.45, 7) is 1.80. The molecule has 0 saturated heterocycles. The number of rotatable bonds is 2. The maximum Gasteiger partial charge on any atom is 0.260 e. The minimum Gasteiger partial charge on any atom is -0.383 e. The van der Waals surface area contributed by atoms with Crippen LogP contribution in [0, 0.1) is 12.7 Å². The fraction of sp³-hybridized carbons (Fsp3) is 0.0833. The molecular formula is C12H11FN4O. The highest BCUT2D eigenvalue weighted by atomic mass is 19.1. The zero-order valence-electron chi connectivity index (χ0n) is 9.64. The van der Waals surface area contributed by atoms with Gasteiger partial charge in [0.05, 0.1) is 11.8 Å². The predicted octanol–water partition coefficient (Wildman–Crippen LogP) is 1.76. The van der Waals surface area contributed by atoms with Crippen molar-refractivity contribution >= 4 is 17.5 Å². The predicted molar refractivity (Wildman–Crippen MR) is 65.5 cm³/mol. The average Bonchev–Trinajstić information content (AvgIpc) is 2.32. The number of halogens is 1. The molecule has 0 aliphatic heterocycles. The number of aryl methyl sites for hydroxylation is 1. The van der Waals surface area contributed by atoms with Crippen LogP contribution in [0.1, 0.15) is 16.1 Å².